The second-order valence-electron chi connectivity index (χ2n) is 2.86. The van der Waals surface area contributed by atoms with E-state index in [1.54, 1.807) is 0 Å². The third-order valence-corrected chi connectivity index (χ3v) is 3.73. The molecule has 0 amide bonds. The molecule has 0 aromatic heterocycles. The fraction of sp³-hybridized carbons (Fsp3) is 0.500. The summed E-state index contributed by atoms with van der Waals surface area (Å²) in [6.07, 6.45) is 1.03. The molecule has 74 valence electrons. The molecule has 1 aliphatic rings. The van der Waals surface area contributed by atoms with E-state index in [-0.39, 0.29) is 16.5 Å². The zero-order valence-electron chi connectivity index (χ0n) is 7.18. The van der Waals surface area contributed by atoms with E-state index in [1.807, 2.05) is 0 Å². The van der Waals surface area contributed by atoms with Gasteiger partial charge in [0.25, 0.3) is 0 Å². The first-order chi connectivity index (χ1) is 5.71. The van der Waals surface area contributed by atoms with Crippen molar-refractivity contribution in [3.63, 3.8) is 0 Å². The average Bonchev–Trinajstić information content (AvgIpc) is 2.01. The highest BCUT2D eigenvalue weighted by Gasteiger charge is 2.22. The molecular formula is C6H9NO4S2. The third kappa shape index (κ3) is 2.63. The van der Waals surface area contributed by atoms with E-state index in [1.165, 1.54) is 6.92 Å². The molecule has 1 rings (SSSR count). The molecule has 1 heterocycles. The van der Waals surface area contributed by atoms with Gasteiger partial charge in [-0.15, -0.1) is 0 Å². The molecule has 7 heteroatoms. The van der Waals surface area contributed by atoms with Gasteiger partial charge in [-0.05, 0) is 6.92 Å². The van der Waals surface area contributed by atoms with Crippen LogP contribution in [-0.4, -0.2) is 33.9 Å². The summed E-state index contributed by atoms with van der Waals surface area (Å²) in [5.41, 5.74) is 0.0833. The Kier molecular flexibility index (Phi) is 2.33. The highest BCUT2D eigenvalue weighted by atomic mass is 32.2. The van der Waals surface area contributed by atoms with Crippen LogP contribution < -0.4 is 0 Å². The molecule has 5 nitrogen and oxygen atoms in total. The van der Waals surface area contributed by atoms with Gasteiger partial charge in [-0.1, -0.05) is 0 Å². The lowest BCUT2D eigenvalue weighted by Crippen LogP contribution is -2.03. The fourth-order valence-electron chi connectivity index (χ4n) is 0.892. The van der Waals surface area contributed by atoms with Crippen LogP contribution in [0.15, 0.2) is 16.1 Å². The lowest BCUT2D eigenvalue weighted by molar-refractivity contribution is 0.603. The Hall–Kier alpha value is -0.690. The maximum Gasteiger partial charge on any atom is 0.214 e. The zero-order chi connectivity index (χ0) is 10.3. The summed E-state index contributed by atoms with van der Waals surface area (Å²) in [7, 11) is -6.64. The molecule has 13 heavy (non-hydrogen) atoms. The lowest BCUT2D eigenvalue weighted by atomic mass is 10.6. The summed E-state index contributed by atoms with van der Waals surface area (Å²) in [5.74, 6) is -0.330. The second-order valence-corrected chi connectivity index (χ2v) is 6.91. The van der Waals surface area contributed by atoms with Crippen LogP contribution in [0.2, 0.25) is 0 Å². The maximum absolute atomic E-state index is 11.1. The van der Waals surface area contributed by atoms with Gasteiger partial charge < -0.3 is 0 Å². The minimum Gasteiger partial charge on any atom is -0.244 e. The van der Waals surface area contributed by atoms with Gasteiger partial charge in [0.15, 0.2) is 9.84 Å². The minimum absolute atomic E-state index is 0.0499. The van der Waals surface area contributed by atoms with Crippen molar-refractivity contribution in [3.05, 3.63) is 11.1 Å². The van der Waals surface area contributed by atoms with Gasteiger partial charge in [-0.2, -0.15) is 0 Å². The molecule has 1 aliphatic heterocycles. The molecule has 0 saturated carbocycles. The lowest BCUT2D eigenvalue weighted by Gasteiger charge is -1.92. The van der Waals surface area contributed by atoms with Crippen LogP contribution in [-0.2, 0) is 19.7 Å². The minimum atomic E-state index is -3.42. The van der Waals surface area contributed by atoms with E-state index in [0.717, 1.165) is 11.7 Å². The first kappa shape index (κ1) is 10.4. The van der Waals surface area contributed by atoms with Gasteiger partial charge in [-0.3, -0.25) is 0 Å². The van der Waals surface area contributed by atoms with E-state index >= 15 is 0 Å². The van der Waals surface area contributed by atoms with Crippen molar-refractivity contribution in [2.24, 2.45) is 4.99 Å². The molecule has 0 aromatic carbocycles. The fourth-order valence-corrected chi connectivity index (χ4v) is 2.59. The molecule has 0 radical (unpaired) electrons. The van der Waals surface area contributed by atoms with Crippen molar-refractivity contribution in [2.75, 3.05) is 12.0 Å². The largest absolute Gasteiger partial charge is 0.244 e. The first-order valence-electron chi connectivity index (χ1n) is 3.39. The van der Waals surface area contributed by atoms with Crippen molar-refractivity contribution >= 4 is 24.7 Å². The Balaban J connectivity index is 3.04. The Labute approximate surface area is 77.0 Å². The molecule has 0 fully saturated rings. The molecule has 0 spiro atoms. The Morgan fingerprint density at radius 2 is 2.00 bits per heavy atom. The summed E-state index contributed by atoms with van der Waals surface area (Å²) in [5, 5.41) is 0.842. The standard InChI is InChI=1S/C6H9NO4S2/c1-5-7-6(3-12(2,8)9)4-13(5,10)11/h4H,3H2,1-2H3. The quantitative estimate of drug-likeness (QED) is 0.644. The molecule has 0 N–H and O–H groups in total. The average molecular weight is 223 g/mol. The van der Waals surface area contributed by atoms with E-state index in [9.17, 15) is 16.8 Å². The Morgan fingerprint density at radius 1 is 1.46 bits per heavy atom. The molecule has 0 unspecified atom stereocenters. The molecule has 0 bridgehead atoms. The highest BCUT2D eigenvalue weighted by molar-refractivity contribution is 8.09. The molecule has 0 atom stereocenters. The van der Waals surface area contributed by atoms with Crippen molar-refractivity contribution in [1.29, 1.82) is 0 Å². The van der Waals surface area contributed by atoms with Gasteiger partial charge in [0.2, 0.25) is 9.84 Å². The van der Waals surface area contributed by atoms with Crippen LogP contribution in [0.3, 0.4) is 0 Å². The van der Waals surface area contributed by atoms with E-state index in [2.05, 4.69) is 4.99 Å². The predicted octanol–water partition coefficient (Wildman–Crippen LogP) is -0.281. The van der Waals surface area contributed by atoms with Crippen molar-refractivity contribution in [1.82, 2.24) is 0 Å². The highest BCUT2D eigenvalue weighted by Crippen LogP contribution is 2.15. The SMILES string of the molecule is CC1=NC(CS(C)(=O)=O)=CS1(=O)=O. The topological polar surface area (TPSA) is 80.6 Å². The maximum atomic E-state index is 11.1. The van der Waals surface area contributed by atoms with Crippen LogP contribution in [0, 0.1) is 0 Å². The van der Waals surface area contributed by atoms with Crippen LogP contribution in [0.1, 0.15) is 6.92 Å². The van der Waals surface area contributed by atoms with E-state index in [0.29, 0.717) is 0 Å². The van der Waals surface area contributed by atoms with Crippen molar-refractivity contribution < 1.29 is 16.8 Å². The summed E-state index contributed by atoms with van der Waals surface area (Å²) in [6.45, 7) is 1.33. The van der Waals surface area contributed by atoms with E-state index < -0.39 is 19.7 Å². The Bertz CT molecular complexity index is 481. The van der Waals surface area contributed by atoms with Crippen molar-refractivity contribution in [2.45, 2.75) is 6.92 Å². The number of hydrogen-bond acceptors (Lipinski definition) is 5. The van der Waals surface area contributed by atoms with Crippen molar-refractivity contribution in [3.8, 4) is 0 Å². The summed E-state index contributed by atoms with van der Waals surface area (Å²) in [4.78, 5) is 3.64. The smallest absolute Gasteiger partial charge is 0.214 e. The number of sulfone groups is 2. The molecule has 0 saturated heterocycles. The van der Waals surface area contributed by atoms with Crippen LogP contribution in [0.25, 0.3) is 0 Å². The van der Waals surface area contributed by atoms with Crippen LogP contribution >= 0.6 is 0 Å². The number of hydrogen-bond donors (Lipinski definition) is 0. The summed E-state index contributed by atoms with van der Waals surface area (Å²) in [6, 6.07) is 0. The normalized spacial score (nSPS) is 21.1. The zero-order valence-corrected chi connectivity index (χ0v) is 8.81. The van der Waals surface area contributed by atoms with Gasteiger partial charge in [0, 0.05) is 6.26 Å². The van der Waals surface area contributed by atoms with Crippen LogP contribution in [0.4, 0.5) is 0 Å². The molecular weight excluding hydrogens is 214 g/mol. The van der Waals surface area contributed by atoms with Gasteiger partial charge in [-0.25, -0.2) is 21.8 Å². The molecule has 0 aromatic rings. The number of rotatable bonds is 2. The Morgan fingerprint density at radius 3 is 2.31 bits per heavy atom. The number of aliphatic imine (C=N–C) groups is 1. The van der Waals surface area contributed by atoms with Gasteiger partial charge >= 0.3 is 0 Å². The summed E-state index contributed by atoms with van der Waals surface area (Å²) >= 11 is 0. The number of nitrogens with zero attached hydrogens (tertiary/aromatic N) is 1. The van der Waals surface area contributed by atoms with Gasteiger partial charge in [0.05, 0.1) is 16.9 Å². The van der Waals surface area contributed by atoms with E-state index in [4.69, 9.17) is 0 Å². The monoisotopic (exact) mass is 223 g/mol. The predicted molar refractivity (Wildman–Crippen MR) is 49.8 cm³/mol. The second kappa shape index (κ2) is 2.91. The van der Waals surface area contributed by atoms with Crippen LogP contribution in [0.5, 0.6) is 0 Å². The van der Waals surface area contributed by atoms with Gasteiger partial charge in [0.1, 0.15) is 5.04 Å². The first-order valence-corrected chi connectivity index (χ1v) is 7.00. The summed E-state index contributed by atoms with van der Waals surface area (Å²) < 4.78 is 43.7. The third-order valence-electron chi connectivity index (χ3n) is 1.41. The molecule has 0 aliphatic carbocycles.